The van der Waals surface area contributed by atoms with Crippen molar-refractivity contribution in [2.24, 2.45) is 0 Å². The van der Waals surface area contributed by atoms with Gasteiger partial charge in [0.2, 0.25) is 0 Å². The van der Waals surface area contributed by atoms with Gasteiger partial charge < -0.3 is 4.74 Å². The standard InChI is InChI=1S/C10H13BrOS/c1-13-7-3-6-12-10-5-2-4-9(11)8-10/h2,4-5,8H,3,6-7H2,1H3. The van der Waals surface area contributed by atoms with E-state index in [0.29, 0.717) is 0 Å². The van der Waals surface area contributed by atoms with Gasteiger partial charge in [-0.2, -0.15) is 11.8 Å². The van der Waals surface area contributed by atoms with Gasteiger partial charge in [0.1, 0.15) is 5.75 Å². The number of hydrogen-bond donors (Lipinski definition) is 0. The zero-order valence-electron chi connectivity index (χ0n) is 7.63. The van der Waals surface area contributed by atoms with E-state index in [1.165, 1.54) is 0 Å². The maximum absolute atomic E-state index is 5.55. The molecule has 0 saturated heterocycles. The molecule has 0 heterocycles. The van der Waals surface area contributed by atoms with Crippen molar-refractivity contribution in [3.63, 3.8) is 0 Å². The Morgan fingerprint density at radius 2 is 2.31 bits per heavy atom. The summed E-state index contributed by atoms with van der Waals surface area (Å²) in [5.74, 6) is 2.10. The van der Waals surface area contributed by atoms with E-state index in [4.69, 9.17) is 4.74 Å². The van der Waals surface area contributed by atoms with E-state index in [-0.39, 0.29) is 0 Å². The largest absolute Gasteiger partial charge is 0.494 e. The Kier molecular flexibility index (Phi) is 5.32. The van der Waals surface area contributed by atoms with Crippen molar-refractivity contribution in [3.8, 4) is 5.75 Å². The Balaban J connectivity index is 2.28. The van der Waals surface area contributed by atoms with Crippen molar-refractivity contribution < 1.29 is 4.74 Å². The maximum Gasteiger partial charge on any atom is 0.120 e. The predicted molar refractivity (Wildman–Crippen MR) is 62.6 cm³/mol. The summed E-state index contributed by atoms with van der Waals surface area (Å²) >= 11 is 5.25. The van der Waals surface area contributed by atoms with E-state index in [9.17, 15) is 0 Å². The molecule has 0 saturated carbocycles. The molecule has 0 aromatic heterocycles. The molecule has 0 unspecified atom stereocenters. The van der Waals surface area contributed by atoms with Crippen LogP contribution in [0.5, 0.6) is 5.75 Å². The van der Waals surface area contributed by atoms with Crippen LogP contribution >= 0.6 is 27.7 Å². The number of hydrogen-bond acceptors (Lipinski definition) is 2. The van der Waals surface area contributed by atoms with Gasteiger partial charge >= 0.3 is 0 Å². The van der Waals surface area contributed by atoms with E-state index in [0.717, 1.165) is 29.0 Å². The molecular formula is C10H13BrOS. The van der Waals surface area contributed by atoms with Gasteiger partial charge in [-0.25, -0.2) is 0 Å². The molecule has 0 N–H and O–H groups in total. The number of ether oxygens (including phenoxy) is 1. The highest BCUT2D eigenvalue weighted by molar-refractivity contribution is 9.10. The molecule has 0 spiro atoms. The lowest BCUT2D eigenvalue weighted by molar-refractivity contribution is 0.318. The average Bonchev–Trinajstić information content (AvgIpc) is 2.13. The summed E-state index contributed by atoms with van der Waals surface area (Å²) in [6.45, 7) is 0.803. The Morgan fingerprint density at radius 3 is 3.00 bits per heavy atom. The summed E-state index contributed by atoms with van der Waals surface area (Å²) in [5.41, 5.74) is 0. The van der Waals surface area contributed by atoms with Crippen LogP contribution in [0.4, 0.5) is 0 Å². The molecular weight excluding hydrogens is 248 g/mol. The molecule has 1 aromatic carbocycles. The smallest absolute Gasteiger partial charge is 0.120 e. The predicted octanol–water partition coefficient (Wildman–Crippen LogP) is 3.58. The first-order valence-corrected chi connectivity index (χ1v) is 6.39. The van der Waals surface area contributed by atoms with Gasteiger partial charge in [-0.05, 0) is 36.6 Å². The fourth-order valence-corrected chi connectivity index (χ4v) is 1.73. The number of thioether (sulfide) groups is 1. The minimum Gasteiger partial charge on any atom is -0.494 e. The summed E-state index contributed by atoms with van der Waals surface area (Å²) in [5, 5.41) is 0. The summed E-state index contributed by atoms with van der Waals surface area (Å²) in [6, 6.07) is 7.94. The van der Waals surface area contributed by atoms with Gasteiger partial charge in [-0.1, -0.05) is 22.0 Å². The molecule has 0 amide bonds. The lowest BCUT2D eigenvalue weighted by Gasteiger charge is -2.05. The normalized spacial score (nSPS) is 10.0. The van der Waals surface area contributed by atoms with E-state index in [2.05, 4.69) is 22.2 Å². The first-order valence-electron chi connectivity index (χ1n) is 4.20. The third kappa shape index (κ3) is 4.58. The molecule has 0 atom stereocenters. The summed E-state index contributed by atoms with van der Waals surface area (Å²) in [7, 11) is 0. The highest BCUT2D eigenvalue weighted by atomic mass is 79.9. The summed E-state index contributed by atoms with van der Waals surface area (Å²) in [6.07, 6.45) is 3.22. The molecule has 0 fully saturated rings. The average molecular weight is 261 g/mol. The van der Waals surface area contributed by atoms with E-state index in [1.54, 1.807) is 0 Å². The van der Waals surface area contributed by atoms with Crippen LogP contribution < -0.4 is 4.74 Å². The Bertz CT molecular complexity index is 252. The second-order valence-corrected chi connectivity index (χ2v) is 4.55. The first-order chi connectivity index (χ1) is 6.33. The topological polar surface area (TPSA) is 9.23 Å². The van der Waals surface area contributed by atoms with Crippen molar-refractivity contribution in [1.29, 1.82) is 0 Å². The lowest BCUT2D eigenvalue weighted by atomic mass is 10.3. The quantitative estimate of drug-likeness (QED) is 0.749. The Labute approximate surface area is 92.0 Å². The minimum absolute atomic E-state index is 0.803. The third-order valence-corrected chi connectivity index (χ3v) is 2.75. The molecule has 0 aliphatic carbocycles. The first kappa shape index (κ1) is 10.9. The zero-order valence-corrected chi connectivity index (χ0v) is 10.0. The molecule has 1 aromatic rings. The van der Waals surface area contributed by atoms with Crippen LogP contribution in [0.2, 0.25) is 0 Å². The van der Waals surface area contributed by atoms with Crippen molar-refractivity contribution >= 4 is 27.7 Å². The van der Waals surface area contributed by atoms with E-state index >= 15 is 0 Å². The SMILES string of the molecule is CSCCCOc1cccc(Br)c1. The zero-order chi connectivity index (χ0) is 9.52. The van der Waals surface area contributed by atoms with E-state index < -0.39 is 0 Å². The van der Waals surface area contributed by atoms with Crippen molar-refractivity contribution in [2.45, 2.75) is 6.42 Å². The number of halogens is 1. The van der Waals surface area contributed by atoms with Gasteiger partial charge in [0, 0.05) is 4.47 Å². The lowest BCUT2D eigenvalue weighted by Crippen LogP contribution is -1.98. The summed E-state index contributed by atoms with van der Waals surface area (Å²) < 4.78 is 6.61. The second-order valence-electron chi connectivity index (χ2n) is 2.65. The van der Waals surface area contributed by atoms with Crippen LogP contribution in [0.25, 0.3) is 0 Å². The molecule has 1 rings (SSSR count). The van der Waals surface area contributed by atoms with Gasteiger partial charge in [0.25, 0.3) is 0 Å². The molecule has 72 valence electrons. The minimum atomic E-state index is 0.803. The van der Waals surface area contributed by atoms with Gasteiger partial charge in [0.15, 0.2) is 0 Å². The van der Waals surface area contributed by atoms with Crippen LogP contribution in [0.1, 0.15) is 6.42 Å². The van der Waals surface area contributed by atoms with Gasteiger partial charge in [-0.15, -0.1) is 0 Å². The van der Waals surface area contributed by atoms with Crippen LogP contribution in [-0.2, 0) is 0 Å². The highest BCUT2D eigenvalue weighted by Crippen LogP contribution is 2.17. The summed E-state index contributed by atoms with van der Waals surface area (Å²) in [4.78, 5) is 0. The molecule has 0 aliphatic rings. The fourth-order valence-electron chi connectivity index (χ4n) is 0.950. The highest BCUT2D eigenvalue weighted by Gasteiger charge is 1.93. The molecule has 1 nitrogen and oxygen atoms in total. The molecule has 3 heteroatoms. The maximum atomic E-state index is 5.55. The number of rotatable bonds is 5. The molecule has 0 aliphatic heterocycles. The van der Waals surface area contributed by atoms with Crippen LogP contribution in [0.15, 0.2) is 28.7 Å². The van der Waals surface area contributed by atoms with Gasteiger partial charge in [0.05, 0.1) is 6.61 Å². The number of benzene rings is 1. The molecule has 13 heavy (non-hydrogen) atoms. The van der Waals surface area contributed by atoms with Crippen LogP contribution in [0.3, 0.4) is 0 Å². The van der Waals surface area contributed by atoms with E-state index in [1.807, 2.05) is 36.0 Å². The second kappa shape index (κ2) is 6.33. The molecule has 0 bridgehead atoms. The van der Waals surface area contributed by atoms with Crippen LogP contribution in [-0.4, -0.2) is 18.6 Å². The van der Waals surface area contributed by atoms with Crippen LogP contribution in [0, 0.1) is 0 Å². The Morgan fingerprint density at radius 1 is 1.46 bits per heavy atom. The third-order valence-electron chi connectivity index (χ3n) is 1.56. The van der Waals surface area contributed by atoms with Crippen molar-refractivity contribution in [3.05, 3.63) is 28.7 Å². The molecule has 0 radical (unpaired) electrons. The monoisotopic (exact) mass is 260 g/mol. The van der Waals surface area contributed by atoms with Crippen molar-refractivity contribution in [2.75, 3.05) is 18.6 Å². The Hall–Kier alpha value is -0.150. The fraction of sp³-hybridized carbons (Fsp3) is 0.400. The van der Waals surface area contributed by atoms with Crippen molar-refractivity contribution in [1.82, 2.24) is 0 Å². The van der Waals surface area contributed by atoms with Gasteiger partial charge in [-0.3, -0.25) is 0 Å².